The average molecular weight is 271 g/mol. The number of nitrogens with two attached hydrogens (primary N) is 1. The fourth-order valence-electron chi connectivity index (χ4n) is 3.10. The maximum atomic E-state index is 14.4. The first-order chi connectivity index (χ1) is 9.72. The standard InChI is InChI=1S/C16H18FN3/c1-10-4-2-6-12(14(10)17)16(20-18)13-8-7-11-5-3-9-19-15(11)13/h2-6,9,13,16,20H,7-8,18H2,1H3. The van der Waals surface area contributed by atoms with Crippen LogP contribution in [0.5, 0.6) is 0 Å². The topological polar surface area (TPSA) is 50.9 Å². The van der Waals surface area contributed by atoms with Crippen molar-refractivity contribution in [1.29, 1.82) is 0 Å². The zero-order valence-electron chi connectivity index (χ0n) is 11.4. The Morgan fingerprint density at radius 1 is 1.35 bits per heavy atom. The van der Waals surface area contributed by atoms with Gasteiger partial charge in [-0.3, -0.25) is 16.3 Å². The van der Waals surface area contributed by atoms with Gasteiger partial charge in [0.2, 0.25) is 0 Å². The van der Waals surface area contributed by atoms with E-state index in [9.17, 15) is 4.39 Å². The summed E-state index contributed by atoms with van der Waals surface area (Å²) >= 11 is 0. The Balaban J connectivity index is 2.02. The molecule has 0 radical (unpaired) electrons. The molecule has 2 aromatic rings. The number of hydrogen-bond acceptors (Lipinski definition) is 3. The highest BCUT2D eigenvalue weighted by Gasteiger charge is 2.32. The lowest BCUT2D eigenvalue weighted by Crippen LogP contribution is -2.33. The van der Waals surface area contributed by atoms with Crippen LogP contribution in [0.4, 0.5) is 4.39 Å². The molecule has 3 rings (SSSR count). The summed E-state index contributed by atoms with van der Waals surface area (Å²) in [5.41, 5.74) is 6.33. The normalized spacial score (nSPS) is 18.9. The Labute approximate surface area is 118 Å². The number of fused-ring (bicyclic) bond motifs is 1. The van der Waals surface area contributed by atoms with Gasteiger partial charge in [-0.05, 0) is 37.0 Å². The van der Waals surface area contributed by atoms with E-state index in [0.717, 1.165) is 18.5 Å². The van der Waals surface area contributed by atoms with Crippen LogP contribution >= 0.6 is 0 Å². The number of nitrogens with zero attached hydrogens (tertiary/aromatic N) is 1. The minimum atomic E-state index is -0.244. The molecule has 20 heavy (non-hydrogen) atoms. The second-order valence-electron chi connectivity index (χ2n) is 5.32. The molecule has 3 nitrogen and oxygen atoms in total. The molecule has 0 saturated heterocycles. The molecule has 2 atom stereocenters. The van der Waals surface area contributed by atoms with E-state index < -0.39 is 0 Å². The third-order valence-corrected chi connectivity index (χ3v) is 4.14. The van der Waals surface area contributed by atoms with Crippen molar-refractivity contribution in [1.82, 2.24) is 10.4 Å². The van der Waals surface area contributed by atoms with Crippen LogP contribution in [0, 0.1) is 12.7 Å². The molecule has 0 fully saturated rings. The van der Waals surface area contributed by atoms with Gasteiger partial charge in [-0.25, -0.2) is 4.39 Å². The Morgan fingerprint density at radius 2 is 2.20 bits per heavy atom. The first-order valence-electron chi connectivity index (χ1n) is 6.87. The number of pyridine rings is 1. The van der Waals surface area contributed by atoms with E-state index in [0.29, 0.717) is 11.1 Å². The van der Waals surface area contributed by atoms with Crippen molar-refractivity contribution in [2.24, 2.45) is 5.84 Å². The first kappa shape index (κ1) is 13.2. The number of halogens is 1. The van der Waals surface area contributed by atoms with Gasteiger partial charge in [-0.1, -0.05) is 24.3 Å². The van der Waals surface area contributed by atoms with Gasteiger partial charge in [0, 0.05) is 23.4 Å². The van der Waals surface area contributed by atoms with Crippen LogP contribution < -0.4 is 11.3 Å². The molecule has 3 N–H and O–H groups in total. The molecule has 1 aromatic heterocycles. The van der Waals surface area contributed by atoms with Crippen molar-refractivity contribution in [3.05, 3.63) is 64.7 Å². The molecule has 0 amide bonds. The largest absolute Gasteiger partial charge is 0.271 e. The van der Waals surface area contributed by atoms with Crippen molar-refractivity contribution in [2.45, 2.75) is 31.7 Å². The number of nitrogens with one attached hydrogen (secondary N) is 1. The molecule has 104 valence electrons. The summed E-state index contributed by atoms with van der Waals surface area (Å²) in [6.07, 6.45) is 3.70. The monoisotopic (exact) mass is 271 g/mol. The SMILES string of the molecule is Cc1cccc(C(NN)C2CCc3cccnc32)c1F. The molecule has 0 saturated carbocycles. The van der Waals surface area contributed by atoms with Gasteiger partial charge in [0.05, 0.1) is 6.04 Å². The summed E-state index contributed by atoms with van der Waals surface area (Å²) in [7, 11) is 0. The van der Waals surface area contributed by atoms with Crippen molar-refractivity contribution < 1.29 is 4.39 Å². The Morgan fingerprint density at radius 3 is 3.00 bits per heavy atom. The highest BCUT2D eigenvalue weighted by atomic mass is 19.1. The van der Waals surface area contributed by atoms with E-state index in [1.165, 1.54) is 5.56 Å². The Hall–Kier alpha value is -1.78. The van der Waals surface area contributed by atoms with Gasteiger partial charge >= 0.3 is 0 Å². The quantitative estimate of drug-likeness (QED) is 0.666. The summed E-state index contributed by atoms with van der Waals surface area (Å²) in [6, 6.07) is 9.22. The van der Waals surface area contributed by atoms with Crippen molar-refractivity contribution in [2.75, 3.05) is 0 Å². The van der Waals surface area contributed by atoms with Crippen molar-refractivity contribution in [3.8, 4) is 0 Å². The highest BCUT2D eigenvalue weighted by molar-refractivity contribution is 5.35. The minimum Gasteiger partial charge on any atom is -0.271 e. The van der Waals surface area contributed by atoms with E-state index in [4.69, 9.17) is 5.84 Å². The fraction of sp³-hybridized carbons (Fsp3) is 0.312. The summed E-state index contributed by atoms with van der Waals surface area (Å²) in [5, 5.41) is 0. The third-order valence-electron chi connectivity index (χ3n) is 4.14. The van der Waals surface area contributed by atoms with E-state index in [-0.39, 0.29) is 17.8 Å². The lowest BCUT2D eigenvalue weighted by molar-refractivity contribution is 0.427. The van der Waals surface area contributed by atoms with E-state index in [2.05, 4.69) is 16.5 Å². The molecule has 2 unspecified atom stereocenters. The number of aromatic nitrogens is 1. The molecule has 1 aliphatic rings. The third kappa shape index (κ3) is 2.11. The minimum absolute atomic E-state index is 0.118. The van der Waals surface area contributed by atoms with Crippen LogP contribution in [0.15, 0.2) is 36.5 Å². The van der Waals surface area contributed by atoms with Gasteiger partial charge in [0.1, 0.15) is 5.82 Å². The number of hydrogen-bond donors (Lipinski definition) is 2. The molecular formula is C16H18FN3. The molecule has 1 aromatic carbocycles. The lowest BCUT2D eigenvalue weighted by atomic mass is 9.90. The number of rotatable bonds is 3. The summed E-state index contributed by atoms with van der Waals surface area (Å²) in [5.74, 6) is 5.65. The molecular weight excluding hydrogens is 253 g/mol. The van der Waals surface area contributed by atoms with Crippen molar-refractivity contribution >= 4 is 0 Å². The number of benzene rings is 1. The summed E-state index contributed by atoms with van der Waals surface area (Å²) < 4.78 is 14.4. The first-order valence-corrected chi connectivity index (χ1v) is 6.87. The maximum Gasteiger partial charge on any atom is 0.130 e. The van der Waals surface area contributed by atoms with Crippen LogP contribution in [-0.2, 0) is 6.42 Å². The molecule has 1 aliphatic carbocycles. The van der Waals surface area contributed by atoms with Crippen LogP contribution in [0.2, 0.25) is 0 Å². The van der Waals surface area contributed by atoms with Crippen LogP contribution in [-0.4, -0.2) is 4.98 Å². The van der Waals surface area contributed by atoms with E-state index >= 15 is 0 Å². The number of aryl methyl sites for hydroxylation is 2. The highest BCUT2D eigenvalue weighted by Crippen LogP contribution is 2.40. The van der Waals surface area contributed by atoms with Crippen LogP contribution in [0.3, 0.4) is 0 Å². The van der Waals surface area contributed by atoms with E-state index in [1.54, 1.807) is 25.3 Å². The predicted molar refractivity (Wildman–Crippen MR) is 76.5 cm³/mol. The Bertz CT molecular complexity index is 627. The van der Waals surface area contributed by atoms with Gasteiger partial charge in [0.15, 0.2) is 0 Å². The zero-order valence-corrected chi connectivity index (χ0v) is 11.4. The predicted octanol–water partition coefficient (Wildman–Crippen LogP) is 2.76. The molecule has 0 aliphatic heterocycles. The van der Waals surface area contributed by atoms with Gasteiger partial charge < -0.3 is 0 Å². The average Bonchev–Trinajstić information content (AvgIpc) is 2.88. The van der Waals surface area contributed by atoms with Gasteiger partial charge in [0.25, 0.3) is 0 Å². The lowest BCUT2D eigenvalue weighted by Gasteiger charge is -2.24. The van der Waals surface area contributed by atoms with Crippen LogP contribution in [0.25, 0.3) is 0 Å². The van der Waals surface area contributed by atoms with Crippen molar-refractivity contribution in [3.63, 3.8) is 0 Å². The Kier molecular flexibility index (Phi) is 3.51. The van der Waals surface area contributed by atoms with Gasteiger partial charge in [-0.15, -0.1) is 0 Å². The molecule has 0 spiro atoms. The molecule has 0 bridgehead atoms. The summed E-state index contributed by atoms with van der Waals surface area (Å²) in [6.45, 7) is 1.77. The fourth-order valence-corrected chi connectivity index (χ4v) is 3.10. The second-order valence-corrected chi connectivity index (χ2v) is 5.32. The van der Waals surface area contributed by atoms with Gasteiger partial charge in [-0.2, -0.15) is 0 Å². The maximum absolute atomic E-state index is 14.4. The smallest absolute Gasteiger partial charge is 0.130 e. The van der Waals surface area contributed by atoms with Crippen LogP contribution in [0.1, 0.15) is 40.8 Å². The molecule has 4 heteroatoms. The van der Waals surface area contributed by atoms with E-state index in [1.807, 2.05) is 12.1 Å². The second kappa shape index (κ2) is 5.31. The number of hydrazine groups is 1. The summed E-state index contributed by atoms with van der Waals surface area (Å²) in [4.78, 5) is 4.47. The zero-order chi connectivity index (χ0) is 14.1. The molecule has 1 heterocycles.